The van der Waals surface area contributed by atoms with Crippen molar-refractivity contribution in [2.24, 2.45) is 4.40 Å². The predicted octanol–water partition coefficient (Wildman–Crippen LogP) is 2.07. The van der Waals surface area contributed by atoms with E-state index in [9.17, 15) is 8.42 Å². The second-order valence-corrected chi connectivity index (χ2v) is 8.05. The number of amidine groups is 1. The van der Waals surface area contributed by atoms with Crippen LogP contribution in [-0.4, -0.2) is 38.3 Å². The van der Waals surface area contributed by atoms with Crippen molar-refractivity contribution in [3.05, 3.63) is 24.3 Å². The summed E-state index contributed by atoms with van der Waals surface area (Å²) in [5.74, 6) is 2.86. The molecule has 1 saturated heterocycles. The highest BCUT2D eigenvalue weighted by atomic mass is 32.2. The molecule has 1 unspecified atom stereocenters. The van der Waals surface area contributed by atoms with Gasteiger partial charge in [0, 0.05) is 6.04 Å². The Labute approximate surface area is 129 Å². The molecule has 0 spiro atoms. The average Bonchev–Trinajstić information content (AvgIpc) is 2.73. The van der Waals surface area contributed by atoms with E-state index in [0.29, 0.717) is 24.1 Å². The molecule has 0 aromatic heterocycles. The van der Waals surface area contributed by atoms with Crippen LogP contribution in [0.25, 0.3) is 0 Å². The summed E-state index contributed by atoms with van der Waals surface area (Å²) in [5, 5.41) is 6.54. The fourth-order valence-corrected chi connectivity index (χ4v) is 4.77. The van der Waals surface area contributed by atoms with Crippen LogP contribution in [0.3, 0.4) is 0 Å². The highest BCUT2D eigenvalue weighted by Gasteiger charge is 2.24. The Morgan fingerprint density at radius 3 is 3.05 bits per heavy atom. The fourth-order valence-electron chi connectivity index (χ4n) is 2.59. The fraction of sp³-hybridized carbons (Fsp3) is 0.500. The number of hydrogen-bond donors (Lipinski definition) is 2. The Morgan fingerprint density at radius 2 is 2.14 bits per heavy atom. The second-order valence-electron chi connectivity index (χ2n) is 5.26. The van der Waals surface area contributed by atoms with E-state index in [0.717, 1.165) is 12.8 Å². The van der Waals surface area contributed by atoms with Crippen molar-refractivity contribution in [3.63, 3.8) is 0 Å². The van der Waals surface area contributed by atoms with Gasteiger partial charge >= 0.3 is 0 Å². The summed E-state index contributed by atoms with van der Waals surface area (Å²) in [5.41, 5.74) is 0.612. The first kappa shape index (κ1) is 14.9. The summed E-state index contributed by atoms with van der Waals surface area (Å²) in [7, 11) is -3.57. The zero-order valence-electron chi connectivity index (χ0n) is 11.7. The Kier molecular flexibility index (Phi) is 4.51. The number of rotatable bonds is 3. The summed E-state index contributed by atoms with van der Waals surface area (Å²) >= 11 is 1.99. The first-order chi connectivity index (χ1) is 10.1. The van der Waals surface area contributed by atoms with Gasteiger partial charge in [-0.2, -0.15) is 20.2 Å². The van der Waals surface area contributed by atoms with Gasteiger partial charge in [-0.15, -0.1) is 4.40 Å². The number of benzene rings is 1. The molecule has 1 atom stereocenters. The molecule has 2 heterocycles. The molecule has 1 aromatic carbocycles. The molecule has 2 aliphatic rings. The third-order valence-corrected chi connectivity index (χ3v) is 6.16. The van der Waals surface area contributed by atoms with E-state index in [1.165, 1.54) is 17.9 Å². The molecule has 3 rings (SSSR count). The van der Waals surface area contributed by atoms with Crippen molar-refractivity contribution >= 4 is 33.3 Å². The standard InChI is InChI=1S/C14H19N3O2S2/c18-21(19)13-6-2-1-5-12(13)16-14(17-21)10-15-11-4-3-8-20-9-7-11/h1-2,5-6,11,15H,3-4,7-10H2,(H,16,17). The van der Waals surface area contributed by atoms with Gasteiger partial charge in [-0.05, 0) is 42.9 Å². The largest absolute Gasteiger partial charge is 0.341 e. The maximum Gasteiger partial charge on any atom is 0.286 e. The van der Waals surface area contributed by atoms with E-state index >= 15 is 0 Å². The third-order valence-electron chi connectivity index (χ3n) is 3.68. The molecular formula is C14H19N3O2S2. The lowest BCUT2D eigenvalue weighted by Gasteiger charge is -2.21. The molecule has 5 nitrogen and oxygen atoms in total. The number of nitrogens with zero attached hydrogens (tertiary/aromatic N) is 1. The van der Waals surface area contributed by atoms with Crippen molar-refractivity contribution < 1.29 is 8.42 Å². The monoisotopic (exact) mass is 325 g/mol. The van der Waals surface area contributed by atoms with E-state index < -0.39 is 10.0 Å². The highest BCUT2D eigenvalue weighted by Crippen LogP contribution is 2.26. The lowest BCUT2D eigenvalue weighted by atomic mass is 10.1. The molecule has 21 heavy (non-hydrogen) atoms. The van der Waals surface area contributed by atoms with Gasteiger partial charge in [0.05, 0.1) is 12.2 Å². The van der Waals surface area contributed by atoms with Crippen LogP contribution >= 0.6 is 11.8 Å². The van der Waals surface area contributed by atoms with Crippen LogP contribution in [0.2, 0.25) is 0 Å². The zero-order chi connectivity index (χ0) is 14.7. The van der Waals surface area contributed by atoms with Crippen molar-refractivity contribution in [2.75, 3.05) is 23.4 Å². The molecule has 0 radical (unpaired) electrons. The van der Waals surface area contributed by atoms with Crippen molar-refractivity contribution in [2.45, 2.75) is 30.2 Å². The minimum absolute atomic E-state index is 0.250. The maximum absolute atomic E-state index is 12.1. The van der Waals surface area contributed by atoms with E-state index in [1.54, 1.807) is 18.2 Å². The molecule has 0 amide bonds. The number of fused-ring (bicyclic) bond motifs is 1. The van der Waals surface area contributed by atoms with Crippen LogP contribution < -0.4 is 10.6 Å². The van der Waals surface area contributed by atoms with Crippen molar-refractivity contribution in [1.29, 1.82) is 0 Å². The third kappa shape index (κ3) is 3.59. The van der Waals surface area contributed by atoms with Gasteiger partial charge in [0.15, 0.2) is 0 Å². The van der Waals surface area contributed by atoms with Gasteiger partial charge in [0.1, 0.15) is 10.7 Å². The summed E-state index contributed by atoms with van der Waals surface area (Å²) in [6.07, 6.45) is 3.48. The van der Waals surface area contributed by atoms with E-state index in [4.69, 9.17) is 0 Å². The van der Waals surface area contributed by atoms with Crippen LogP contribution in [-0.2, 0) is 10.0 Å². The lowest BCUT2D eigenvalue weighted by Crippen LogP contribution is -2.38. The first-order valence-electron chi connectivity index (χ1n) is 7.16. The summed E-state index contributed by atoms with van der Waals surface area (Å²) in [6.45, 7) is 0.461. The summed E-state index contributed by atoms with van der Waals surface area (Å²) < 4.78 is 28.1. The predicted molar refractivity (Wildman–Crippen MR) is 87.7 cm³/mol. The van der Waals surface area contributed by atoms with Gasteiger partial charge in [-0.1, -0.05) is 12.1 Å². The minimum atomic E-state index is -3.57. The Bertz CT molecular complexity index is 635. The normalized spacial score (nSPS) is 24.4. The van der Waals surface area contributed by atoms with E-state index in [-0.39, 0.29) is 4.90 Å². The van der Waals surface area contributed by atoms with Crippen LogP contribution in [0.15, 0.2) is 33.6 Å². The van der Waals surface area contributed by atoms with E-state index in [1.807, 2.05) is 17.8 Å². The van der Waals surface area contributed by atoms with Gasteiger partial charge < -0.3 is 10.6 Å². The van der Waals surface area contributed by atoms with Crippen LogP contribution in [0.5, 0.6) is 0 Å². The Hall–Kier alpha value is -1.05. The molecule has 114 valence electrons. The SMILES string of the molecule is O=S1(=O)N=C(CNC2CCCSCC2)Nc2ccccc21. The number of sulfonamides is 1. The lowest BCUT2D eigenvalue weighted by molar-refractivity contribution is 0.501. The molecular weight excluding hydrogens is 306 g/mol. The molecule has 0 aliphatic carbocycles. The molecule has 1 fully saturated rings. The molecule has 7 heteroatoms. The molecule has 0 bridgehead atoms. The number of thioether (sulfide) groups is 1. The summed E-state index contributed by atoms with van der Waals surface area (Å²) in [4.78, 5) is 0.250. The smallest absolute Gasteiger partial charge is 0.286 e. The number of anilines is 1. The molecule has 0 saturated carbocycles. The summed E-state index contributed by atoms with van der Waals surface area (Å²) in [6, 6.07) is 7.32. The second kappa shape index (κ2) is 6.37. The number of para-hydroxylation sites is 1. The van der Waals surface area contributed by atoms with Crippen molar-refractivity contribution in [3.8, 4) is 0 Å². The highest BCUT2D eigenvalue weighted by molar-refractivity contribution is 7.99. The number of nitrogens with one attached hydrogen (secondary N) is 2. The van der Waals surface area contributed by atoms with Crippen LogP contribution in [0.4, 0.5) is 5.69 Å². The molecule has 2 aliphatic heterocycles. The zero-order valence-corrected chi connectivity index (χ0v) is 13.3. The van der Waals surface area contributed by atoms with Crippen LogP contribution in [0, 0.1) is 0 Å². The van der Waals surface area contributed by atoms with Gasteiger partial charge in [0.2, 0.25) is 0 Å². The quantitative estimate of drug-likeness (QED) is 0.890. The maximum atomic E-state index is 12.1. The average molecular weight is 325 g/mol. The minimum Gasteiger partial charge on any atom is -0.341 e. The molecule has 1 aromatic rings. The van der Waals surface area contributed by atoms with E-state index in [2.05, 4.69) is 15.0 Å². The van der Waals surface area contributed by atoms with Crippen LogP contribution in [0.1, 0.15) is 19.3 Å². The first-order valence-corrected chi connectivity index (χ1v) is 9.76. The Morgan fingerprint density at radius 1 is 1.29 bits per heavy atom. The molecule has 2 N–H and O–H groups in total. The number of hydrogen-bond acceptors (Lipinski definition) is 5. The topological polar surface area (TPSA) is 70.6 Å². The van der Waals surface area contributed by atoms with Gasteiger partial charge in [0.25, 0.3) is 10.0 Å². The van der Waals surface area contributed by atoms with Gasteiger partial charge in [-0.3, -0.25) is 0 Å². The van der Waals surface area contributed by atoms with Gasteiger partial charge in [-0.25, -0.2) is 0 Å². The Balaban J connectivity index is 1.68. The van der Waals surface area contributed by atoms with Crippen molar-refractivity contribution in [1.82, 2.24) is 5.32 Å².